The first-order valence-electron chi connectivity index (χ1n) is 12.4. The Labute approximate surface area is 218 Å². The normalized spacial score (nSPS) is 12.3. The van der Waals surface area contributed by atoms with Gasteiger partial charge in [0.25, 0.3) is 0 Å². The molecule has 37 heavy (non-hydrogen) atoms. The second-order valence-electron chi connectivity index (χ2n) is 8.49. The number of likely N-dealkylation sites (N-methyl/N-ethyl adjacent to an activating group) is 1. The summed E-state index contributed by atoms with van der Waals surface area (Å²) in [4.78, 5) is 22.3. The third-order valence-electron chi connectivity index (χ3n) is 5.11. The number of nitrogens with one attached hydrogen (secondary N) is 3. The predicted molar refractivity (Wildman–Crippen MR) is 144 cm³/mol. The molecular formula is C26H39N7O4. The molecule has 0 fully saturated rings. The zero-order valence-electron chi connectivity index (χ0n) is 22.1. The van der Waals surface area contributed by atoms with Crippen molar-refractivity contribution < 1.29 is 19.1 Å². The van der Waals surface area contributed by atoms with E-state index in [2.05, 4.69) is 21.0 Å². The maximum Gasteiger partial charge on any atom is 0.225 e. The second kappa shape index (κ2) is 16.4. The number of nitrogens with zero attached hydrogens (tertiary/aromatic N) is 3. The topological polar surface area (TPSA) is 147 Å². The molecule has 11 heteroatoms. The molecule has 1 heterocycles. The van der Waals surface area contributed by atoms with Crippen LogP contribution in [0.1, 0.15) is 57.7 Å². The molecule has 0 bridgehead atoms. The number of hydrogen-bond acceptors (Lipinski definition) is 9. The minimum atomic E-state index is -0.243. The molecule has 0 saturated carbocycles. The molecule has 202 valence electrons. The van der Waals surface area contributed by atoms with Crippen LogP contribution in [-0.2, 0) is 25.7 Å². The number of anilines is 1. The number of carbonyl (C=O) groups excluding carboxylic acids is 1. The summed E-state index contributed by atoms with van der Waals surface area (Å²) >= 11 is 0. The molecule has 1 atom stereocenters. The van der Waals surface area contributed by atoms with E-state index in [-0.39, 0.29) is 30.7 Å². The van der Waals surface area contributed by atoms with Crippen molar-refractivity contribution in [2.45, 2.75) is 65.5 Å². The highest BCUT2D eigenvalue weighted by Crippen LogP contribution is 2.13. The number of rotatable bonds is 16. The van der Waals surface area contributed by atoms with Crippen molar-refractivity contribution in [3.05, 3.63) is 59.8 Å². The van der Waals surface area contributed by atoms with E-state index in [1.165, 1.54) is 5.01 Å². The van der Waals surface area contributed by atoms with Crippen LogP contribution < -0.4 is 16.7 Å². The number of benzene rings is 1. The van der Waals surface area contributed by atoms with E-state index >= 15 is 0 Å². The third-order valence-corrected chi connectivity index (χ3v) is 5.11. The average Bonchev–Trinajstić information content (AvgIpc) is 2.88. The van der Waals surface area contributed by atoms with Gasteiger partial charge in [0, 0.05) is 25.6 Å². The Morgan fingerprint density at radius 2 is 1.92 bits per heavy atom. The van der Waals surface area contributed by atoms with Crippen molar-refractivity contribution >= 4 is 23.3 Å². The number of amidine groups is 1. The summed E-state index contributed by atoms with van der Waals surface area (Å²) in [5.41, 5.74) is 3.97. The van der Waals surface area contributed by atoms with Gasteiger partial charge in [0.2, 0.25) is 5.91 Å². The number of hydrogen-bond donors (Lipinski definition) is 4. The van der Waals surface area contributed by atoms with Gasteiger partial charge < -0.3 is 19.6 Å². The largest absolute Gasteiger partial charge is 0.389 e. The van der Waals surface area contributed by atoms with Crippen LogP contribution in [0.15, 0.2) is 53.7 Å². The van der Waals surface area contributed by atoms with Gasteiger partial charge in [-0.3, -0.25) is 21.1 Å². The Hall–Kier alpha value is -3.38. The smallest absolute Gasteiger partial charge is 0.225 e. The van der Waals surface area contributed by atoms with Gasteiger partial charge in [0.05, 0.1) is 11.8 Å². The van der Waals surface area contributed by atoms with Gasteiger partial charge in [0.15, 0.2) is 24.4 Å². The number of carbonyl (C=O) groups is 1. The van der Waals surface area contributed by atoms with Crippen molar-refractivity contribution in [2.24, 2.45) is 11.0 Å². The van der Waals surface area contributed by atoms with Gasteiger partial charge in [-0.05, 0) is 52.2 Å². The minimum absolute atomic E-state index is 0.0334. The monoisotopic (exact) mass is 513 g/mol. The Bertz CT molecular complexity index is 1000. The molecular weight excluding hydrogens is 474 g/mol. The second-order valence-corrected chi connectivity index (χ2v) is 8.49. The highest BCUT2D eigenvalue weighted by molar-refractivity contribution is 6.46. The quantitative estimate of drug-likeness (QED) is 0.0665. The van der Waals surface area contributed by atoms with Crippen molar-refractivity contribution in [1.82, 2.24) is 15.5 Å². The number of aromatic nitrogens is 1. The Morgan fingerprint density at radius 3 is 2.59 bits per heavy atom. The number of hydrazine groups is 2. The Kier molecular flexibility index (Phi) is 13.2. The van der Waals surface area contributed by atoms with E-state index in [0.29, 0.717) is 42.2 Å². The molecule has 1 aromatic heterocycles. The number of amides is 1. The molecule has 1 unspecified atom stereocenters. The van der Waals surface area contributed by atoms with E-state index in [0.717, 1.165) is 12.8 Å². The lowest BCUT2D eigenvalue weighted by atomic mass is 10.1. The lowest BCUT2D eigenvalue weighted by Crippen LogP contribution is -2.46. The zero-order valence-corrected chi connectivity index (χ0v) is 22.1. The van der Waals surface area contributed by atoms with E-state index in [1.807, 2.05) is 51.1 Å². The Balaban J connectivity index is 1.89. The first kappa shape index (κ1) is 29.8. The molecule has 2 aromatic rings. The highest BCUT2D eigenvalue weighted by Gasteiger charge is 2.15. The summed E-state index contributed by atoms with van der Waals surface area (Å²) in [7, 11) is 1.60. The summed E-state index contributed by atoms with van der Waals surface area (Å²) in [5.74, 6) is 5.79. The highest BCUT2D eigenvalue weighted by atomic mass is 16.7. The maximum atomic E-state index is 12.4. The first-order valence-corrected chi connectivity index (χ1v) is 12.4. The fourth-order valence-electron chi connectivity index (χ4n) is 3.33. The Morgan fingerprint density at radius 1 is 1.16 bits per heavy atom. The average molecular weight is 514 g/mol. The molecule has 0 radical (unpaired) electrons. The molecule has 1 aromatic carbocycles. The van der Waals surface area contributed by atoms with Crippen LogP contribution in [0, 0.1) is 5.41 Å². The summed E-state index contributed by atoms with van der Waals surface area (Å²) < 4.78 is 11.3. The van der Waals surface area contributed by atoms with Gasteiger partial charge in [-0.25, -0.2) is 4.98 Å². The number of unbranched alkanes of at least 4 members (excludes halogenated alkanes) is 1. The molecule has 0 aliphatic carbocycles. The van der Waals surface area contributed by atoms with Crippen molar-refractivity contribution in [3.8, 4) is 0 Å². The predicted octanol–water partition coefficient (Wildman–Crippen LogP) is 3.58. The maximum absolute atomic E-state index is 12.4. The fourth-order valence-corrected chi connectivity index (χ4v) is 3.33. The molecule has 0 saturated heterocycles. The van der Waals surface area contributed by atoms with Crippen LogP contribution >= 0.6 is 0 Å². The van der Waals surface area contributed by atoms with Crippen LogP contribution in [0.5, 0.6) is 0 Å². The first-order chi connectivity index (χ1) is 17.8. The summed E-state index contributed by atoms with van der Waals surface area (Å²) in [6, 6.07) is 14.5. The van der Waals surface area contributed by atoms with Crippen LogP contribution in [0.4, 0.5) is 5.82 Å². The molecule has 1 amide bonds. The van der Waals surface area contributed by atoms with Gasteiger partial charge in [-0.15, -0.1) is 0 Å². The van der Waals surface area contributed by atoms with Crippen molar-refractivity contribution in [3.63, 3.8) is 0 Å². The number of oxime groups is 1. The van der Waals surface area contributed by atoms with Crippen molar-refractivity contribution in [2.75, 3.05) is 19.0 Å². The van der Waals surface area contributed by atoms with Crippen LogP contribution in [-0.4, -0.2) is 53.5 Å². The lowest BCUT2D eigenvalue weighted by molar-refractivity contribution is -0.163. The third kappa shape index (κ3) is 11.0. The number of nitrogens with two attached hydrogens (primary N) is 1. The fraction of sp³-hybridized carbons (Fsp3) is 0.462. The summed E-state index contributed by atoms with van der Waals surface area (Å²) in [6.45, 7) is 6.54. The molecule has 11 nitrogen and oxygen atoms in total. The molecule has 0 spiro atoms. The van der Waals surface area contributed by atoms with E-state index in [4.69, 9.17) is 25.6 Å². The lowest BCUT2D eigenvalue weighted by Gasteiger charge is -2.20. The van der Waals surface area contributed by atoms with Crippen molar-refractivity contribution in [1.29, 1.82) is 5.41 Å². The van der Waals surface area contributed by atoms with E-state index < -0.39 is 0 Å². The number of ether oxygens (including phenoxy) is 2. The molecule has 0 aliphatic rings. The standard InChI is InChI=1S/C26H39N7O4/c1-5-35-24(37-19(2)3)17-10-9-16-23(34)30-22-15-11-14-21(29-22)18-36-31-25(26(27)33(4)32-28)20-12-7-6-8-13-20/h6-8,11-15,19,24,27,32H,5,9-10,16-18,28H2,1-4H3,(H,29,30,34)/b27-26?,31-25-. The molecule has 5 N–H and O–H groups in total. The summed E-state index contributed by atoms with van der Waals surface area (Å²) in [6.07, 6.45) is 2.50. The summed E-state index contributed by atoms with van der Waals surface area (Å²) in [5, 5.41) is 16.6. The SMILES string of the molecule is CCOC(CCCCC(=O)Nc1cccc(CO/N=C(\C(=N)N(C)NN)c2ccccc2)n1)OC(C)C. The van der Waals surface area contributed by atoms with E-state index in [9.17, 15) is 4.79 Å². The van der Waals surface area contributed by atoms with Gasteiger partial charge in [-0.1, -0.05) is 41.6 Å². The van der Waals surface area contributed by atoms with Crippen LogP contribution in [0.2, 0.25) is 0 Å². The van der Waals surface area contributed by atoms with Gasteiger partial charge in [0.1, 0.15) is 5.82 Å². The van der Waals surface area contributed by atoms with Gasteiger partial charge >= 0.3 is 0 Å². The zero-order chi connectivity index (χ0) is 27.0. The molecule has 0 aliphatic heterocycles. The van der Waals surface area contributed by atoms with Crippen LogP contribution in [0.3, 0.4) is 0 Å². The van der Waals surface area contributed by atoms with Crippen LogP contribution in [0.25, 0.3) is 0 Å². The van der Waals surface area contributed by atoms with E-state index in [1.54, 1.807) is 25.2 Å². The number of pyridine rings is 1. The molecule has 2 rings (SSSR count). The van der Waals surface area contributed by atoms with Gasteiger partial charge in [-0.2, -0.15) is 5.53 Å². The minimum Gasteiger partial charge on any atom is -0.389 e.